The second kappa shape index (κ2) is 21.7. The van der Waals surface area contributed by atoms with Crippen molar-refractivity contribution in [2.45, 2.75) is 0 Å². The van der Waals surface area contributed by atoms with Crippen molar-refractivity contribution in [3.8, 4) is 78.7 Å². The molecule has 0 aliphatic rings. The van der Waals surface area contributed by atoms with Crippen molar-refractivity contribution < 1.29 is 0 Å². The number of benzene rings is 13. The lowest BCUT2D eigenvalue weighted by atomic mass is 10.0. The average molecular weight is 1130 g/mol. The molecule has 408 valence electrons. The molecule has 5 heteroatoms. The van der Waals surface area contributed by atoms with E-state index >= 15 is 0 Å². The van der Waals surface area contributed by atoms with Gasteiger partial charge in [0.05, 0.1) is 33.5 Å². The van der Waals surface area contributed by atoms with Gasteiger partial charge in [0.1, 0.15) is 0 Å². The Morgan fingerprint density at radius 2 is 0.529 bits per heavy atom. The first-order chi connectivity index (χ1) is 43.1. The first-order valence-electron chi connectivity index (χ1n) is 29.8. The molecule has 16 rings (SSSR count). The van der Waals surface area contributed by atoms with Crippen molar-refractivity contribution in [1.29, 1.82) is 0 Å². The Bertz CT molecular complexity index is 4970. The topological polar surface area (TPSA) is 35.6 Å². The van der Waals surface area contributed by atoms with E-state index in [1.54, 1.807) is 0 Å². The second-order valence-corrected chi connectivity index (χ2v) is 26.3. The minimum atomic E-state index is -3.34. The van der Waals surface area contributed by atoms with Crippen LogP contribution in [0.2, 0.25) is 0 Å². The summed E-state index contributed by atoms with van der Waals surface area (Å²) in [5.41, 5.74) is 18.5. The monoisotopic (exact) mass is 1120 g/mol. The summed E-state index contributed by atoms with van der Waals surface area (Å²) in [6.07, 6.45) is 0. The summed E-state index contributed by atoms with van der Waals surface area (Å²) in [4.78, 5) is 11.5. The summed E-state index contributed by atoms with van der Waals surface area (Å²) < 4.78 is 4.65. The Hall–Kier alpha value is -11.2. The SMILES string of the molecule is c1ccc(-c2cccc([Si](c3cccc(-c4ccccc4)c3)(c3cccc(-c4ccccc4)c3)c3cccc(-c4cc(-c5cccc(-n6c7ccccc7c7ccccc76)c5)nc(-n5c6ccccc6c6cc(-c7ccccc7)ccc65)n4)c3)c2)cc1. The highest BCUT2D eigenvalue weighted by Gasteiger charge is 2.42. The zero-order valence-electron chi connectivity index (χ0n) is 47.6. The van der Waals surface area contributed by atoms with Gasteiger partial charge >= 0.3 is 0 Å². The van der Waals surface area contributed by atoms with E-state index in [0.717, 1.165) is 66.6 Å². The van der Waals surface area contributed by atoms with Gasteiger partial charge in [-0.3, -0.25) is 4.57 Å². The van der Waals surface area contributed by atoms with Gasteiger partial charge in [0.2, 0.25) is 5.95 Å². The van der Waals surface area contributed by atoms with Crippen LogP contribution in [0.5, 0.6) is 0 Å². The number of rotatable bonds is 12. The van der Waals surface area contributed by atoms with Crippen molar-refractivity contribution in [1.82, 2.24) is 19.1 Å². The summed E-state index contributed by atoms with van der Waals surface area (Å²) in [5, 5.41) is 9.80. The van der Waals surface area contributed by atoms with Gasteiger partial charge in [-0.2, -0.15) is 0 Å². The fourth-order valence-corrected chi connectivity index (χ4v) is 18.3. The lowest BCUT2D eigenvalue weighted by molar-refractivity contribution is 0.995. The Morgan fingerprint density at radius 3 is 0.977 bits per heavy atom. The zero-order valence-corrected chi connectivity index (χ0v) is 48.6. The normalized spacial score (nSPS) is 11.7. The third kappa shape index (κ3) is 9.08. The standard InChI is InChI=1S/C82H56N4Si/c1-5-24-57(25-6-1)61-32-20-38-68(51-61)87(69-39-21-33-62(52-69)58-26-7-2-8-27-58,70-40-22-34-63(53-70)59-28-9-3-10-29-59)71-41-23-36-66(54-71)77-56-76(65-35-19-37-67(50-65)85-78-45-16-13-42-72(78)73-43-14-17-46-79(73)85)83-82(84-77)86-80-47-18-15-44-74(80)75-55-64(48-49-81(75)86)60-30-11-4-12-31-60/h1-56H. The summed E-state index contributed by atoms with van der Waals surface area (Å²) in [6, 6.07) is 124. The van der Waals surface area contributed by atoms with Crippen LogP contribution >= 0.6 is 0 Å². The number of nitrogens with zero attached hydrogens (tertiary/aromatic N) is 4. The number of hydrogen-bond donors (Lipinski definition) is 0. The molecule has 0 saturated carbocycles. The van der Waals surface area contributed by atoms with Gasteiger partial charge < -0.3 is 4.57 Å². The Labute approximate surface area is 506 Å². The molecule has 0 spiro atoms. The Balaban J connectivity index is 0.962. The van der Waals surface area contributed by atoms with E-state index in [1.807, 2.05) is 0 Å². The Morgan fingerprint density at radius 1 is 0.207 bits per heavy atom. The maximum atomic E-state index is 5.77. The van der Waals surface area contributed by atoms with Crippen molar-refractivity contribution in [3.63, 3.8) is 0 Å². The molecule has 13 aromatic carbocycles. The quantitative estimate of drug-likeness (QED) is 0.0903. The van der Waals surface area contributed by atoms with E-state index in [0.29, 0.717) is 5.95 Å². The lowest BCUT2D eigenvalue weighted by Crippen LogP contribution is -2.74. The fourth-order valence-electron chi connectivity index (χ4n) is 13.4. The molecule has 16 aromatic rings. The van der Waals surface area contributed by atoms with Crippen LogP contribution in [-0.4, -0.2) is 27.2 Å². The van der Waals surface area contributed by atoms with E-state index < -0.39 is 8.07 Å². The molecular weight excluding hydrogens is 1070 g/mol. The van der Waals surface area contributed by atoms with Gasteiger partial charge in [-0.25, -0.2) is 9.97 Å². The fraction of sp³-hybridized carbons (Fsp3) is 0. The summed E-state index contributed by atoms with van der Waals surface area (Å²) in [6.45, 7) is 0. The van der Waals surface area contributed by atoms with Crippen LogP contribution in [0, 0.1) is 0 Å². The highest BCUT2D eigenvalue weighted by molar-refractivity contribution is 7.20. The molecule has 0 aliphatic heterocycles. The molecule has 0 unspecified atom stereocenters. The van der Waals surface area contributed by atoms with E-state index in [-0.39, 0.29) is 0 Å². The van der Waals surface area contributed by atoms with E-state index in [4.69, 9.17) is 9.97 Å². The van der Waals surface area contributed by atoms with Gasteiger partial charge in [0.15, 0.2) is 8.07 Å². The molecule has 3 aromatic heterocycles. The molecule has 4 nitrogen and oxygen atoms in total. The zero-order chi connectivity index (χ0) is 57.7. The molecule has 0 N–H and O–H groups in total. The third-order valence-corrected chi connectivity index (χ3v) is 22.2. The van der Waals surface area contributed by atoms with Crippen molar-refractivity contribution >= 4 is 72.4 Å². The third-order valence-electron chi connectivity index (χ3n) is 17.5. The molecule has 0 atom stereocenters. The smallest absolute Gasteiger partial charge is 0.235 e. The molecule has 0 aliphatic carbocycles. The largest absolute Gasteiger partial charge is 0.309 e. The molecule has 0 saturated heterocycles. The minimum absolute atomic E-state index is 0.596. The maximum absolute atomic E-state index is 5.77. The highest BCUT2D eigenvalue weighted by atomic mass is 28.3. The molecule has 3 heterocycles. The van der Waals surface area contributed by atoms with Crippen LogP contribution in [0.4, 0.5) is 0 Å². The van der Waals surface area contributed by atoms with Gasteiger partial charge in [-0.1, -0.05) is 291 Å². The molecule has 0 fully saturated rings. The molecule has 0 bridgehead atoms. The lowest BCUT2D eigenvalue weighted by Gasteiger charge is -2.35. The first-order valence-corrected chi connectivity index (χ1v) is 31.8. The van der Waals surface area contributed by atoms with Gasteiger partial charge in [0, 0.05) is 38.4 Å². The van der Waals surface area contributed by atoms with E-state index in [9.17, 15) is 0 Å². The summed E-state index contributed by atoms with van der Waals surface area (Å²) in [5.74, 6) is 0.596. The van der Waals surface area contributed by atoms with Crippen LogP contribution in [0.25, 0.3) is 122 Å². The van der Waals surface area contributed by atoms with Crippen LogP contribution in [0.3, 0.4) is 0 Å². The number of hydrogen-bond acceptors (Lipinski definition) is 2. The van der Waals surface area contributed by atoms with Crippen LogP contribution in [0.1, 0.15) is 0 Å². The molecule has 87 heavy (non-hydrogen) atoms. The predicted molar refractivity (Wildman–Crippen MR) is 367 cm³/mol. The summed E-state index contributed by atoms with van der Waals surface area (Å²) >= 11 is 0. The van der Waals surface area contributed by atoms with Crippen molar-refractivity contribution in [2.24, 2.45) is 0 Å². The molecule has 0 amide bonds. The van der Waals surface area contributed by atoms with Gasteiger partial charge in [0.25, 0.3) is 0 Å². The highest BCUT2D eigenvalue weighted by Crippen LogP contribution is 2.38. The van der Waals surface area contributed by atoms with Gasteiger partial charge in [-0.05, 0) is 114 Å². The van der Waals surface area contributed by atoms with Crippen LogP contribution in [-0.2, 0) is 0 Å². The molecule has 0 radical (unpaired) electrons. The number of aromatic nitrogens is 4. The number of para-hydroxylation sites is 3. The maximum Gasteiger partial charge on any atom is 0.235 e. The summed E-state index contributed by atoms with van der Waals surface area (Å²) in [7, 11) is -3.34. The van der Waals surface area contributed by atoms with E-state index in [2.05, 4.69) is 349 Å². The molecular formula is C82H56N4Si. The van der Waals surface area contributed by atoms with Crippen molar-refractivity contribution in [2.75, 3.05) is 0 Å². The number of fused-ring (bicyclic) bond motifs is 6. The van der Waals surface area contributed by atoms with Crippen LogP contribution in [0.15, 0.2) is 340 Å². The average Bonchev–Trinajstić information content (AvgIpc) is 1.25. The first kappa shape index (κ1) is 51.4. The van der Waals surface area contributed by atoms with Gasteiger partial charge in [-0.15, -0.1) is 0 Å². The van der Waals surface area contributed by atoms with E-state index in [1.165, 1.54) is 70.5 Å². The minimum Gasteiger partial charge on any atom is -0.309 e. The predicted octanol–water partition coefficient (Wildman–Crippen LogP) is 18.1. The Kier molecular flexibility index (Phi) is 12.8. The second-order valence-electron chi connectivity index (χ2n) is 22.5. The van der Waals surface area contributed by atoms with Crippen molar-refractivity contribution in [3.05, 3.63) is 340 Å². The van der Waals surface area contributed by atoms with Crippen LogP contribution < -0.4 is 20.7 Å².